The summed E-state index contributed by atoms with van der Waals surface area (Å²) in [6.07, 6.45) is 1.40. The number of aliphatic carboxylic acids is 1. The van der Waals surface area contributed by atoms with Crippen LogP contribution in [0.15, 0.2) is 53.1 Å². The molecule has 2 atom stereocenters. The summed E-state index contributed by atoms with van der Waals surface area (Å²) in [6, 6.07) is 11.5. The summed E-state index contributed by atoms with van der Waals surface area (Å²) < 4.78 is 5.01. The molecule has 1 aromatic carbocycles. The Bertz CT molecular complexity index is 577. The van der Waals surface area contributed by atoms with Gasteiger partial charge in [-0.2, -0.15) is 0 Å². The monoisotopic (exact) mass is 273 g/mol. The summed E-state index contributed by atoms with van der Waals surface area (Å²) in [5.74, 6) is -2.00. The van der Waals surface area contributed by atoms with Gasteiger partial charge in [-0.25, -0.2) is 0 Å². The summed E-state index contributed by atoms with van der Waals surface area (Å²) in [6.45, 7) is 1.56. The minimum Gasteiger partial charge on any atom is -0.481 e. The first-order valence-corrected chi connectivity index (χ1v) is 6.21. The standard InChI is InChI=1S/C15H15NO4/c1-10(15(18)19)13(11-6-3-2-4-7-11)16-14(17)12-8-5-9-20-12/h2-10,13H,1H3,(H,16,17)(H,18,19)/t10-,13-/m1/s1. The van der Waals surface area contributed by atoms with E-state index in [1.165, 1.54) is 12.3 Å². The van der Waals surface area contributed by atoms with Gasteiger partial charge in [0.15, 0.2) is 5.76 Å². The Morgan fingerprint density at radius 2 is 1.85 bits per heavy atom. The van der Waals surface area contributed by atoms with E-state index in [1.54, 1.807) is 37.3 Å². The summed E-state index contributed by atoms with van der Waals surface area (Å²) in [5, 5.41) is 11.9. The Labute approximate surface area is 116 Å². The van der Waals surface area contributed by atoms with E-state index >= 15 is 0 Å². The largest absolute Gasteiger partial charge is 0.481 e. The van der Waals surface area contributed by atoms with Crippen LogP contribution in [-0.4, -0.2) is 17.0 Å². The lowest BCUT2D eigenvalue weighted by atomic mass is 9.94. The summed E-state index contributed by atoms with van der Waals surface area (Å²) in [4.78, 5) is 23.2. The number of carbonyl (C=O) groups is 2. The smallest absolute Gasteiger partial charge is 0.308 e. The second-order valence-corrected chi connectivity index (χ2v) is 4.47. The van der Waals surface area contributed by atoms with Gasteiger partial charge in [-0.05, 0) is 24.6 Å². The van der Waals surface area contributed by atoms with Gasteiger partial charge in [0, 0.05) is 0 Å². The molecular weight excluding hydrogens is 258 g/mol. The van der Waals surface area contributed by atoms with E-state index in [9.17, 15) is 14.7 Å². The second-order valence-electron chi connectivity index (χ2n) is 4.47. The molecule has 0 saturated carbocycles. The number of hydrogen-bond donors (Lipinski definition) is 2. The van der Waals surface area contributed by atoms with Gasteiger partial charge in [0.2, 0.25) is 0 Å². The van der Waals surface area contributed by atoms with Crippen molar-refractivity contribution in [3.05, 3.63) is 60.1 Å². The van der Waals surface area contributed by atoms with E-state index in [1.807, 2.05) is 6.07 Å². The van der Waals surface area contributed by atoms with Gasteiger partial charge in [0.05, 0.1) is 18.2 Å². The molecule has 1 aromatic heterocycles. The van der Waals surface area contributed by atoms with Crippen LogP contribution in [0.3, 0.4) is 0 Å². The maximum absolute atomic E-state index is 12.0. The average Bonchev–Trinajstić information content (AvgIpc) is 2.99. The minimum absolute atomic E-state index is 0.156. The van der Waals surface area contributed by atoms with Crippen molar-refractivity contribution in [2.24, 2.45) is 5.92 Å². The number of carbonyl (C=O) groups excluding carboxylic acids is 1. The van der Waals surface area contributed by atoms with Gasteiger partial charge in [0.1, 0.15) is 0 Å². The molecule has 5 heteroatoms. The molecule has 5 nitrogen and oxygen atoms in total. The Balaban J connectivity index is 2.24. The third kappa shape index (κ3) is 3.06. The molecule has 1 heterocycles. The molecule has 0 saturated heterocycles. The molecule has 1 amide bonds. The normalized spacial score (nSPS) is 13.4. The van der Waals surface area contributed by atoms with Crippen LogP contribution < -0.4 is 5.32 Å². The first kappa shape index (κ1) is 13.9. The Kier molecular flexibility index (Phi) is 4.20. The van der Waals surface area contributed by atoms with Gasteiger partial charge >= 0.3 is 5.97 Å². The lowest BCUT2D eigenvalue weighted by Gasteiger charge is -2.22. The quantitative estimate of drug-likeness (QED) is 0.877. The SMILES string of the molecule is C[C@@H](C(=O)O)[C@@H](NC(=O)c1ccco1)c1ccccc1. The third-order valence-corrected chi connectivity index (χ3v) is 3.08. The number of hydrogen-bond acceptors (Lipinski definition) is 3. The zero-order chi connectivity index (χ0) is 14.5. The van der Waals surface area contributed by atoms with Crippen LogP contribution in [0.25, 0.3) is 0 Å². The fraction of sp³-hybridized carbons (Fsp3) is 0.200. The highest BCUT2D eigenvalue weighted by Crippen LogP contribution is 2.22. The highest BCUT2D eigenvalue weighted by atomic mass is 16.4. The first-order valence-electron chi connectivity index (χ1n) is 6.21. The van der Waals surface area contributed by atoms with Crippen LogP contribution >= 0.6 is 0 Å². The first-order chi connectivity index (χ1) is 9.59. The van der Waals surface area contributed by atoms with E-state index < -0.39 is 23.8 Å². The Morgan fingerprint density at radius 3 is 2.40 bits per heavy atom. The van der Waals surface area contributed by atoms with Crippen LogP contribution in [0.5, 0.6) is 0 Å². The highest BCUT2D eigenvalue weighted by molar-refractivity contribution is 5.92. The molecule has 0 aliphatic carbocycles. The molecular formula is C15H15NO4. The topological polar surface area (TPSA) is 79.5 Å². The number of nitrogens with one attached hydrogen (secondary N) is 1. The molecule has 0 aliphatic heterocycles. The molecule has 0 fully saturated rings. The van der Waals surface area contributed by atoms with Crippen molar-refractivity contribution in [1.82, 2.24) is 5.32 Å². The maximum atomic E-state index is 12.0. The molecule has 20 heavy (non-hydrogen) atoms. The van der Waals surface area contributed by atoms with Crippen molar-refractivity contribution >= 4 is 11.9 Å². The maximum Gasteiger partial charge on any atom is 0.308 e. The second kappa shape index (κ2) is 6.06. The van der Waals surface area contributed by atoms with Crippen molar-refractivity contribution < 1.29 is 19.1 Å². The number of carboxylic acids is 1. The van der Waals surface area contributed by atoms with Gasteiger partial charge in [0.25, 0.3) is 5.91 Å². The number of furan rings is 1. The molecule has 0 spiro atoms. The fourth-order valence-corrected chi connectivity index (χ4v) is 1.92. The van der Waals surface area contributed by atoms with Crippen molar-refractivity contribution in [2.45, 2.75) is 13.0 Å². The lowest BCUT2D eigenvalue weighted by Crippen LogP contribution is -2.35. The number of rotatable bonds is 5. The van der Waals surface area contributed by atoms with Gasteiger partial charge in [-0.1, -0.05) is 30.3 Å². The fourth-order valence-electron chi connectivity index (χ4n) is 1.92. The molecule has 104 valence electrons. The van der Waals surface area contributed by atoms with Crippen molar-refractivity contribution in [2.75, 3.05) is 0 Å². The van der Waals surface area contributed by atoms with Crippen LogP contribution in [0, 0.1) is 5.92 Å². The molecule has 0 aliphatic rings. The van der Waals surface area contributed by atoms with E-state index in [0.29, 0.717) is 0 Å². The number of amides is 1. The van der Waals surface area contributed by atoms with Crippen LogP contribution in [0.4, 0.5) is 0 Å². The van der Waals surface area contributed by atoms with E-state index in [0.717, 1.165) is 5.56 Å². The predicted octanol–water partition coefficient (Wildman–Crippen LogP) is 2.47. The molecule has 2 N–H and O–H groups in total. The van der Waals surface area contributed by atoms with Crippen molar-refractivity contribution in [3.8, 4) is 0 Å². The molecule has 2 rings (SSSR count). The van der Waals surface area contributed by atoms with E-state index in [2.05, 4.69) is 5.32 Å². The van der Waals surface area contributed by atoms with Crippen LogP contribution in [0.2, 0.25) is 0 Å². The molecule has 2 aromatic rings. The molecule has 0 unspecified atom stereocenters. The molecule has 0 bridgehead atoms. The number of benzene rings is 1. The van der Waals surface area contributed by atoms with Crippen molar-refractivity contribution in [1.29, 1.82) is 0 Å². The average molecular weight is 273 g/mol. The van der Waals surface area contributed by atoms with Crippen LogP contribution in [-0.2, 0) is 4.79 Å². The van der Waals surface area contributed by atoms with Gasteiger partial charge in [-0.15, -0.1) is 0 Å². The van der Waals surface area contributed by atoms with E-state index in [4.69, 9.17) is 4.42 Å². The Hall–Kier alpha value is -2.56. The predicted molar refractivity (Wildman–Crippen MR) is 72.2 cm³/mol. The summed E-state index contributed by atoms with van der Waals surface area (Å²) >= 11 is 0. The van der Waals surface area contributed by atoms with Gasteiger partial charge in [-0.3, -0.25) is 9.59 Å². The lowest BCUT2D eigenvalue weighted by molar-refractivity contribution is -0.142. The van der Waals surface area contributed by atoms with E-state index in [-0.39, 0.29) is 5.76 Å². The zero-order valence-corrected chi connectivity index (χ0v) is 10.9. The highest BCUT2D eigenvalue weighted by Gasteiger charge is 2.27. The van der Waals surface area contributed by atoms with Gasteiger partial charge < -0.3 is 14.8 Å². The molecule has 0 radical (unpaired) electrons. The number of carboxylic acid groups (broad SMARTS) is 1. The Morgan fingerprint density at radius 1 is 1.15 bits per heavy atom. The van der Waals surface area contributed by atoms with Crippen LogP contribution in [0.1, 0.15) is 29.1 Å². The third-order valence-electron chi connectivity index (χ3n) is 3.08. The summed E-state index contributed by atoms with van der Waals surface area (Å²) in [7, 11) is 0. The zero-order valence-electron chi connectivity index (χ0n) is 10.9. The minimum atomic E-state index is -0.974. The van der Waals surface area contributed by atoms with Crippen molar-refractivity contribution in [3.63, 3.8) is 0 Å². The summed E-state index contributed by atoms with van der Waals surface area (Å²) in [5.41, 5.74) is 0.738.